The Bertz CT molecular complexity index is 350. The standard InChI is InChI=1S/C12H15Cl2NO/c13-9-4-1-5-10(14)11(9)12-8(7-15)3-2-6-16-12/h1,4-5,8,12H,2-3,6-7,15H2. The summed E-state index contributed by atoms with van der Waals surface area (Å²) in [5.41, 5.74) is 6.65. The van der Waals surface area contributed by atoms with E-state index < -0.39 is 0 Å². The van der Waals surface area contributed by atoms with Crippen molar-refractivity contribution in [2.45, 2.75) is 18.9 Å². The van der Waals surface area contributed by atoms with Gasteiger partial charge in [-0.3, -0.25) is 0 Å². The number of halogens is 2. The second-order valence-corrected chi connectivity index (χ2v) is 4.88. The third-order valence-electron chi connectivity index (χ3n) is 3.03. The van der Waals surface area contributed by atoms with Gasteiger partial charge in [-0.05, 0) is 31.5 Å². The molecule has 1 aromatic carbocycles. The maximum atomic E-state index is 6.18. The first kappa shape index (κ1) is 12.2. The van der Waals surface area contributed by atoms with Crippen LogP contribution in [0, 0.1) is 5.92 Å². The minimum Gasteiger partial charge on any atom is -0.373 e. The number of ether oxygens (including phenoxy) is 1. The number of nitrogens with two attached hydrogens (primary N) is 1. The third kappa shape index (κ3) is 2.35. The van der Waals surface area contributed by atoms with Crippen LogP contribution in [0.25, 0.3) is 0 Å². The van der Waals surface area contributed by atoms with Gasteiger partial charge in [-0.15, -0.1) is 0 Å². The van der Waals surface area contributed by atoms with Gasteiger partial charge in [-0.25, -0.2) is 0 Å². The Hall–Kier alpha value is -0.280. The predicted octanol–water partition coefficient (Wildman–Crippen LogP) is 3.42. The van der Waals surface area contributed by atoms with Crippen molar-refractivity contribution < 1.29 is 4.74 Å². The zero-order chi connectivity index (χ0) is 11.5. The molecule has 1 aliphatic heterocycles. The van der Waals surface area contributed by atoms with E-state index in [9.17, 15) is 0 Å². The lowest BCUT2D eigenvalue weighted by molar-refractivity contribution is -0.0250. The molecule has 1 fully saturated rings. The lowest BCUT2D eigenvalue weighted by Crippen LogP contribution is -2.29. The molecule has 0 amide bonds. The summed E-state index contributed by atoms with van der Waals surface area (Å²) in [6.07, 6.45) is 2.07. The third-order valence-corrected chi connectivity index (χ3v) is 3.69. The predicted molar refractivity (Wildman–Crippen MR) is 66.9 cm³/mol. The fourth-order valence-electron chi connectivity index (χ4n) is 2.19. The summed E-state index contributed by atoms with van der Waals surface area (Å²) in [5, 5.41) is 1.33. The molecule has 88 valence electrons. The molecule has 0 saturated carbocycles. The average Bonchev–Trinajstić information content (AvgIpc) is 2.29. The lowest BCUT2D eigenvalue weighted by atomic mass is 9.89. The molecule has 0 aliphatic carbocycles. The SMILES string of the molecule is NCC1CCCOC1c1c(Cl)cccc1Cl. The number of rotatable bonds is 2. The van der Waals surface area contributed by atoms with Gasteiger partial charge in [-0.1, -0.05) is 29.3 Å². The van der Waals surface area contributed by atoms with E-state index in [-0.39, 0.29) is 6.10 Å². The largest absolute Gasteiger partial charge is 0.373 e. The summed E-state index contributed by atoms with van der Waals surface area (Å²) in [4.78, 5) is 0. The first-order chi connectivity index (χ1) is 7.74. The fourth-order valence-corrected chi connectivity index (χ4v) is 2.80. The van der Waals surface area contributed by atoms with Crippen LogP contribution >= 0.6 is 23.2 Å². The van der Waals surface area contributed by atoms with Crippen LogP contribution in [0.5, 0.6) is 0 Å². The Morgan fingerprint density at radius 3 is 2.62 bits per heavy atom. The zero-order valence-corrected chi connectivity index (χ0v) is 10.5. The molecule has 2 N–H and O–H groups in total. The highest BCUT2D eigenvalue weighted by atomic mass is 35.5. The van der Waals surface area contributed by atoms with Gasteiger partial charge in [0.1, 0.15) is 0 Å². The highest BCUT2D eigenvalue weighted by molar-refractivity contribution is 6.36. The second-order valence-electron chi connectivity index (χ2n) is 4.06. The Balaban J connectivity index is 2.34. The molecular weight excluding hydrogens is 245 g/mol. The quantitative estimate of drug-likeness (QED) is 0.884. The van der Waals surface area contributed by atoms with Crippen molar-refractivity contribution in [2.24, 2.45) is 11.7 Å². The molecule has 1 aromatic rings. The van der Waals surface area contributed by atoms with Crippen LogP contribution in [0.3, 0.4) is 0 Å². The van der Waals surface area contributed by atoms with Crippen molar-refractivity contribution in [2.75, 3.05) is 13.2 Å². The van der Waals surface area contributed by atoms with E-state index >= 15 is 0 Å². The van der Waals surface area contributed by atoms with Crippen LogP contribution < -0.4 is 5.73 Å². The molecular formula is C12H15Cl2NO. The van der Waals surface area contributed by atoms with Gasteiger partial charge < -0.3 is 10.5 Å². The van der Waals surface area contributed by atoms with Gasteiger partial charge in [0.05, 0.1) is 6.10 Å². The molecule has 2 nitrogen and oxygen atoms in total. The normalized spacial score (nSPS) is 25.7. The molecule has 1 saturated heterocycles. The molecule has 1 aliphatic rings. The van der Waals surface area contributed by atoms with E-state index in [0.29, 0.717) is 22.5 Å². The molecule has 16 heavy (non-hydrogen) atoms. The van der Waals surface area contributed by atoms with Gasteiger partial charge in [0, 0.05) is 28.1 Å². The topological polar surface area (TPSA) is 35.2 Å². The van der Waals surface area contributed by atoms with Gasteiger partial charge in [-0.2, -0.15) is 0 Å². The number of benzene rings is 1. The Kier molecular flexibility index (Phi) is 4.09. The minimum absolute atomic E-state index is 0.0556. The van der Waals surface area contributed by atoms with E-state index in [1.54, 1.807) is 0 Å². The Morgan fingerprint density at radius 2 is 2.00 bits per heavy atom. The zero-order valence-electron chi connectivity index (χ0n) is 8.96. The van der Waals surface area contributed by atoms with Gasteiger partial charge >= 0.3 is 0 Å². The van der Waals surface area contributed by atoms with Gasteiger partial charge in [0.25, 0.3) is 0 Å². The monoisotopic (exact) mass is 259 g/mol. The van der Waals surface area contributed by atoms with Crippen LogP contribution in [0.15, 0.2) is 18.2 Å². The molecule has 2 rings (SSSR count). The van der Waals surface area contributed by atoms with Crippen molar-refractivity contribution in [1.82, 2.24) is 0 Å². The van der Waals surface area contributed by atoms with E-state index in [2.05, 4.69) is 0 Å². The summed E-state index contributed by atoms with van der Waals surface area (Å²) in [6, 6.07) is 5.52. The Labute approximate surface area is 106 Å². The summed E-state index contributed by atoms with van der Waals surface area (Å²) in [6.45, 7) is 1.36. The summed E-state index contributed by atoms with van der Waals surface area (Å²) in [7, 11) is 0. The van der Waals surface area contributed by atoms with Gasteiger partial charge in [0.2, 0.25) is 0 Å². The smallest absolute Gasteiger partial charge is 0.0894 e. The Morgan fingerprint density at radius 1 is 1.31 bits per heavy atom. The van der Waals surface area contributed by atoms with Gasteiger partial charge in [0.15, 0.2) is 0 Å². The van der Waals surface area contributed by atoms with Crippen molar-refractivity contribution >= 4 is 23.2 Å². The van der Waals surface area contributed by atoms with Crippen LogP contribution in [-0.4, -0.2) is 13.2 Å². The lowest BCUT2D eigenvalue weighted by Gasteiger charge is -2.32. The summed E-state index contributed by atoms with van der Waals surface area (Å²) < 4.78 is 5.78. The maximum Gasteiger partial charge on any atom is 0.0894 e. The van der Waals surface area contributed by atoms with Crippen molar-refractivity contribution in [3.05, 3.63) is 33.8 Å². The molecule has 0 radical (unpaired) electrons. The summed E-state index contributed by atoms with van der Waals surface area (Å²) >= 11 is 12.4. The first-order valence-electron chi connectivity index (χ1n) is 5.49. The molecule has 4 heteroatoms. The maximum absolute atomic E-state index is 6.18. The van der Waals surface area contributed by atoms with Crippen LogP contribution in [-0.2, 0) is 4.74 Å². The molecule has 2 atom stereocenters. The van der Waals surface area contributed by atoms with Crippen molar-refractivity contribution in [3.63, 3.8) is 0 Å². The first-order valence-corrected chi connectivity index (χ1v) is 6.25. The molecule has 0 aromatic heterocycles. The van der Waals surface area contributed by atoms with E-state index in [4.69, 9.17) is 33.7 Å². The second kappa shape index (κ2) is 5.37. The van der Waals surface area contributed by atoms with E-state index in [1.807, 2.05) is 18.2 Å². The molecule has 1 heterocycles. The highest BCUT2D eigenvalue weighted by Crippen LogP contribution is 2.40. The molecule has 2 unspecified atom stereocenters. The molecule has 0 bridgehead atoms. The summed E-state index contributed by atoms with van der Waals surface area (Å²) in [5.74, 6) is 0.311. The van der Waals surface area contributed by atoms with Crippen LogP contribution in [0.2, 0.25) is 10.0 Å². The van der Waals surface area contributed by atoms with E-state index in [0.717, 1.165) is 25.0 Å². The number of hydrogen-bond donors (Lipinski definition) is 1. The molecule has 0 spiro atoms. The highest BCUT2D eigenvalue weighted by Gasteiger charge is 2.29. The van der Waals surface area contributed by atoms with Crippen LogP contribution in [0.4, 0.5) is 0 Å². The van der Waals surface area contributed by atoms with E-state index in [1.165, 1.54) is 0 Å². The number of hydrogen-bond acceptors (Lipinski definition) is 2. The van der Waals surface area contributed by atoms with Crippen molar-refractivity contribution in [3.8, 4) is 0 Å². The fraction of sp³-hybridized carbons (Fsp3) is 0.500. The average molecular weight is 260 g/mol. The van der Waals surface area contributed by atoms with Crippen LogP contribution in [0.1, 0.15) is 24.5 Å². The minimum atomic E-state index is -0.0556. The van der Waals surface area contributed by atoms with Crippen molar-refractivity contribution in [1.29, 1.82) is 0 Å².